The van der Waals surface area contributed by atoms with E-state index in [4.69, 9.17) is 0 Å². The van der Waals surface area contributed by atoms with E-state index in [0.717, 1.165) is 40.2 Å². The molecule has 0 unspecified atom stereocenters. The van der Waals surface area contributed by atoms with Crippen molar-refractivity contribution < 1.29 is 9.50 Å². The molecule has 0 aliphatic rings. The second-order valence-electron chi connectivity index (χ2n) is 7.58. The summed E-state index contributed by atoms with van der Waals surface area (Å²) in [6, 6.07) is 8.22. The van der Waals surface area contributed by atoms with E-state index in [2.05, 4.69) is 32.4 Å². The summed E-state index contributed by atoms with van der Waals surface area (Å²) in [6.45, 7) is 6.01. The van der Waals surface area contributed by atoms with Crippen LogP contribution in [-0.2, 0) is 19.9 Å². The molecule has 2 N–H and O–H groups in total. The standard InChI is InChI=1S/C23H26FN7O/c1-5-18-22(16-6-8-17(24)9-7-16)30(4)29-23(18)27-20-12-21(26-13-25-20)31-15(3)19(10-11-32)14(2)28-31/h6-9,12-13,32H,5,10-11H2,1-4H3,(H,25,26,27,29). The molecule has 4 aromatic rings. The van der Waals surface area contributed by atoms with Crippen LogP contribution in [0.25, 0.3) is 17.1 Å². The van der Waals surface area contributed by atoms with Crippen LogP contribution in [0, 0.1) is 19.7 Å². The summed E-state index contributed by atoms with van der Waals surface area (Å²) in [5.74, 6) is 1.63. The summed E-state index contributed by atoms with van der Waals surface area (Å²) in [6.07, 6.45) is 2.77. The smallest absolute Gasteiger partial charge is 0.159 e. The average molecular weight is 436 g/mol. The minimum absolute atomic E-state index is 0.0693. The molecule has 166 valence electrons. The number of anilines is 2. The molecule has 0 amide bonds. The highest BCUT2D eigenvalue weighted by Gasteiger charge is 2.18. The van der Waals surface area contributed by atoms with E-state index in [0.29, 0.717) is 23.9 Å². The maximum absolute atomic E-state index is 13.4. The number of benzene rings is 1. The SMILES string of the molecule is CCc1c(Nc2cc(-n3nc(C)c(CCO)c3C)ncn2)nn(C)c1-c1ccc(F)cc1. The first-order chi connectivity index (χ1) is 15.4. The zero-order valence-corrected chi connectivity index (χ0v) is 18.6. The van der Waals surface area contributed by atoms with Crippen molar-refractivity contribution in [2.75, 3.05) is 11.9 Å². The molecule has 0 aliphatic carbocycles. The van der Waals surface area contributed by atoms with Crippen LogP contribution >= 0.6 is 0 Å². The molecule has 32 heavy (non-hydrogen) atoms. The Morgan fingerprint density at radius 2 is 1.81 bits per heavy atom. The van der Waals surface area contributed by atoms with Gasteiger partial charge in [0.05, 0.1) is 11.4 Å². The van der Waals surface area contributed by atoms with Crippen molar-refractivity contribution in [2.45, 2.75) is 33.6 Å². The number of hydrogen-bond acceptors (Lipinski definition) is 6. The zero-order chi connectivity index (χ0) is 22.8. The second kappa shape index (κ2) is 8.88. The van der Waals surface area contributed by atoms with Crippen molar-refractivity contribution in [3.8, 4) is 17.1 Å². The van der Waals surface area contributed by atoms with Crippen LogP contribution in [0.4, 0.5) is 16.0 Å². The van der Waals surface area contributed by atoms with Gasteiger partial charge in [-0.3, -0.25) is 4.68 Å². The van der Waals surface area contributed by atoms with Gasteiger partial charge in [0.1, 0.15) is 18.0 Å². The Morgan fingerprint density at radius 3 is 2.50 bits per heavy atom. The summed E-state index contributed by atoms with van der Waals surface area (Å²) in [7, 11) is 1.87. The Balaban J connectivity index is 1.69. The Labute approximate surface area is 185 Å². The lowest BCUT2D eigenvalue weighted by Crippen LogP contribution is -2.05. The van der Waals surface area contributed by atoms with Gasteiger partial charge in [0.25, 0.3) is 0 Å². The van der Waals surface area contributed by atoms with Gasteiger partial charge in [0.2, 0.25) is 0 Å². The molecule has 0 atom stereocenters. The number of aryl methyl sites for hydroxylation is 2. The third-order valence-corrected chi connectivity index (χ3v) is 5.54. The van der Waals surface area contributed by atoms with Gasteiger partial charge >= 0.3 is 0 Å². The van der Waals surface area contributed by atoms with Crippen LogP contribution in [-0.4, -0.2) is 41.2 Å². The van der Waals surface area contributed by atoms with Crippen molar-refractivity contribution >= 4 is 11.6 Å². The van der Waals surface area contributed by atoms with E-state index in [9.17, 15) is 9.50 Å². The van der Waals surface area contributed by atoms with Gasteiger partial charge in [-0.2, -0.15) is 10.2 Å². The van der Waals surface area contributed by atoms with Gasteiger partial charge in [-0.05, 0) is 56.5 Å². The molecule has 0 radical (unpaired) electrons. The van der Waals surface area contributed by atoms with E-state index in [-0.39, 0.29) is 12.4 Å². The van der Waals surface area contributed by atoms with Gasteiger partial charge < -0.3 is 10.4 Å². The summed E-state index contributed by atoms with van der Waals surface area (Å²) in [5, 5.41) is 21.9. The number of hydrogen-bond donors (Lipinski definition) is 2. The molecule has 0 saturated carbocycles. The van der Waals surface area contributed by atoms with Gasteiger partial charge in [-0.15, -0.1) is 0 Å². The number of aliphatic hydroxyl groups is 1. The minimum atomic E-state index is -0.271. The fourth-order valence-corrected chi connectivity index (χ4v) is 4.00. The number of aliphatic hydroxyl groups excluding tert-OH is 1. The molecule has 0 bridgehead atoms. The average Bonchev–Trinajstić information content (AvgIpc) is 3.25. The Morgan fingerprint density at radius 1 is 1.06 bits per heavy atom. The van der Waals surface area contributed by atoms with Crippen LogP contribution in [0.5, 0.6) is 0 Å². The number of halogens is 1. The van der Waals surface area contributed by atoms with Crippen LogP contribution in [0.3, 0.4) is 0 Å². The third-order valence-electron chi connectivity index (χ3n) is 5.54. The number of nitrogens with one attached hydrogen (secondary N) is 1. The van der Waals surface area contributed by atoms with Crippen LogP contribution < -0.4 is 5.32 Å². The molecule has 0 fully saturated rings. The molecule has 9 heteroatoms. The van der Waals surface area contributed by atoms with E-state index in [1.54, 1.807) is 21.5 Å². The van der Waals surface area contributed by atoms with Crippen molar-refractivity contribution in [3.05, 3.63) is 65.0 Å². The molecule has 8 nitrogen and oxygen atoms in total. The topological polar surface area (TPSA) is 93.7 Å². The van der Waals surface area contributed by atoms with Gasteiger partial charge in [-0.1, -0.05) is 6.92 Å². The molecular formula is C23H26FN7O. The summed E-state index contributed by atoms with van der Waals surface area (Å²) < 4.78 is 16.9. The largest absolute Gasteiger partial charge is 0.396 e. The number of nitrogens with zero attached hydrogens (tertiary/aromatic N) is 6. The minimum Gasteiger partial charge on any atom is -0.396 e. The highest BCUT2D eigenvalue weighted by Crippen LogP contribution is 2.31. The fourth-order valence-electron chi connectivity index (χ4n) is 4.00. The van der Waals surface area contributed by atoms with Crippen molar-refractivity contribution in [3.63, 3.8) is 0 Å². The van der Waals surface area contributed by atoms with E-state index < -0.39 is 0 Å². The van der Waals surface area contributed by atoms with Crippen LogP contribution in [0.15, 0.2) is 36.7 Å². The Kier molecular flexibility index (Phi) is 6.00. The zero-order valence-electron chi connectivity index (χ0n) is 18.6. The predicted molar refractivity (Wildman–Crippen MR) is 121 cm³/mol. The number of rotatable bonds is 7. The molecule has 3 aromatic heterocycles. The van der Waals surface area contributed by atoms with Crippen molar-refractivity contribution in [2.24, 2.45) is 7.05 Å². The molecule has 0 aliphatic heterocycles. The lowest BCUT2D eigenvalue weighted by atomic mass is 10.1. The summed E-state index contributed by atoms with van der Waals surface area (Å²) in [4.78, 5) is 8.73. The van der Waals surface area contributed by atoms with Crippen molar-refractivity contribution in [1.29, 1.82) is 0 Å². The predicted octanol–water partition coefficient (Wildman–Crippen LogP) is 3.66. The lowest BCUT2D eigenvalue weighted by Gasteiger charge is -2.08. The summed E-state index contributed by atoms with van der Waals surface area (Å²) >= 11 is 0. The summed E-state index contributed by atoms with van der Waals surface area (Å²) in [5.41, 5.74) is 5.65. The first-order valence-electron chi connectivity index (χ1n) is 10.5. The highest BCUT2D eigenvalue weighted by atomic mass is 19.1. The normalized spacial score (nSPS) is 11.2. The fraction of sp³-hybridized carbons (Fsp3) is 0.304. The monoisotopic (exact) mass is 435 g/mol. The molecule has 3 heterocycles. The Hall–Kier alpha value is -3.59. The molecular weight excluding hydrogens is 409 g/mol. The molecule has 4 rings (SSSR count). The number of aromatic nitrogens is 6. The Bertz CT molecular complexity index is 1240. The van der Waals surface area contributed by atoms with E-state index in [1.807, 2.05) is 27.0 Å². The first-order valence-corrected chi connectivity index (χ1v) is 10.5. The molecule has 0 saturated heterocycles. The highest BCUT2D eigenvalue weighted by molar-refractivity contribution is 5.72. The van der Waals surface area contributed by atoms with Crippen LogP contribution in [0.1, 0.15) is 29.4 Å². The van der Waals surface area contributed by atoms with Crippen LogP contribution in [0.2, 0.25) is 0 Å². The lowest BCUT2D eigenvalue weighted by molar-refractivity contribution is 0.299. The van der Waals surface area contributed by atoms with Gasteiger partial charge in [0, 0.05) is 36.5 Å². The maximum atomic E-state index is 13.4. The second-order valence-corrected chi connectivity index (χ2v) is 7.58. The van der Waals surface area contributed by atoms with Crippen molar-refractivity contribution in [1.82, 2.24) is 29.5 Å². The molecule has 0 spiro atoms. The van der Waals surface area contributed by atoms with E-state index >= 15 is 0 Å². The third kappa shape index (κ3) is 3.99. The maximum Gasteiger partial charge on any atom is 0.159 e. The van der Waals surface area contributed by atoms with Gasteiger partial charge in [0.15, 0.2) is 11.6 Å². The van der Waals surface area contributed by atoms with Gasteiger partial charge in [-0.25, -0.2) is 19.0 Å². The quantitative estimate of drug-likeness (QED) is 0.460. The molecule has 1 aromatic carbocycles. The first kappa shape index (κ1) is 21.6. The van der Waals surface area contributed by atoms with E-state index in [1.165, 1.54) is 18.5 Å².